The topological polar surface area (TPSA) is 59.4 Å². The van der Waals surface area contributed by atoms with Gasteiger partial charge in [0.15, 0.2) is 5.11 Å². The highest BCUT2D eigenvalue weighted by atomic mass is 32.1. The van der Waals surface area contributed by atoms with Crippen molar-refractivity contribution in [3.8, 4) is 5.69 Å². The molecule has 3 heterocycles. The Labute approximate surface area is 206 Å². The lowest BCUT2D eigenvalue weighted by molar-refractivity contribution is -0.141. The molecule has 2 aromatic heterocycles. The van der Waals surface area contributed by atoms with Crippen molar-refractivity contribution in [2.24, 2.45) is 0 Å². The number of para-hydroxylation sites is 1. The maximum absolute atomic E-state index is 13.8. The first-order chi connectivity index (χ1) is 16.6. The van der Waals surface area contributed by atoms with Crippen molar-refractivity contribution < 1.29 is 22.7 Å². The van der Waals surface area contributed by atoms with E-state index in [4.69, 9.17) is 17.0 Å². The molecule has 0 spiro atoms. The molecule has 3 aromatic rings. The first kappa shape index (κ1) is 24.7. The summed E-state index contributed by atoms with van der Waals surface area (Å²) >= 11 is 5.61. The molecule has 0 amide bonds. The molecule has 0 bridgehead atoms. The summed E-state index contributed by atoms with van der Waals surface area (Å²) in [5.41, 5.74) is 2.19. The molecule has 4 rings (SSSR count). The van der Waals surface area contributed by atoms with Crippen molar-refractivity contribution in [3.05, 3.63) is 82.9 Å². The maximum atomic E-state index is 13.8. The summed E-state index contributed by atoms with van der Waals surface area (Å²) in [6, 6.07) is 12.2. The number of rotatable bonds is 6. The highest BCUT2D eigenvalue weighted by Crippen LogP contribution is 2.42. The third-order valence-electron chi connectivity index (χ3n) is 6.22. The van der Waals surface area contributed by atoms with E-state index in [9.17, 15) is 18.0 Å². The monoisotopic (exact) mass is 502 g/mol. The van der Waals surface area contributed by atoms with Crippen LogP contribution in [0.4, 0.5) is 13.2 Å². The predicted molar refractivity (Wildman–Crippen MR) is 129 cm³/mol. The molecule has 0 radical (unpaired) electrons. The second-order valence-corrected chi connectivity index (χ2v) is 8.71. The van der Waals surface area contributed by atoms with E-state index in [1.165, 1.54) is 19.2 Å². The third kappa shape index (κ3) is 4.75. The number of esters is 1. The van der Waals surface area contributed by atoms with Crippen molar-refractivity contribution in [2.75, 3.05) is 13.7 Å². The second kappa shape index (κ2) is 9.69. The van der Waals surface area contributed by atoms with Gasteiger partial charge in [-0.25, -0.2) is 0 Å². The quantitative estimate of drug-likeness (QED) is 0.376. The smallest absolute Gasteiger partial charge is 0.418 e. The van der Waals surface area contributed by atoms with Gasteiger partial charge in [0.25, 0.3) is 0 Å². The molecule has 6 nitrogen and oxygen atoms in total. The Balaban J connectivity index is 1.84. The number of benzene rings is 1. The minimum atomic E-state index is -4.50. The maximum Gasteiger partial charge on any atom is 0.418 e. The van der Waals surface area contributed by atoms with E-state index in [2.05, 4.69) is 10.3 Å². The minimum absolute atomic E-state index is 0.0604. The Bertz CT molecular complexity index is 1240. The molecule has 1 saturated heterocycles. The summed E-state index contributed by atoms with van der Waals surface area (Å²) in [6.45, 7) is 3.86. The van der Waals surface area contributed by atoms with Crippen LogP contribution in [0.2, 0.25) is 0 Å². The molecule has 0 saturated carbocycles. The van der Waals surface area contributed by atoms with Crippen LogP contribution in [-0.2, 0) is 15.7 Å². The fraction of sp³-hybridized carbons (Fsp3) is 0.320. The van der Waals surface area contributed by atoms with Gasteiger partial charge >= 0.3 is 12.1 Å². The van der Waals surface area contributed by atoms with Crippen LogP contribution in [0.25, 0.3) is 5.69 Å². The summed E-state index contributed by atoms with van der Waals surface area (Å²) in [7, 11) is 1.32. The van der Waals surface area contributed by atoms with Crippen LogP contribution in [-0.4, -0.2) is 39.2 Å². The summed E-state index contributed by atoms with van der Waals surface area (Å²) in [6.07, 6.45) is -2.71. The van der Waals surface area contributed by atoms with Crippen LogP contribution in [0.15, 0.2) is 54.7 Å². The van der Waals surface area contributed by atoms with Crippen molar-refractivity contribution in [3.63, 3.8) is 0 Å². The Morgan fingerprint density at radius 3 is 2.54 bits per heavy atom. The van der Waals surface area contributed by atoms with Crippen LogP contribution < -0.4 is 5.32 Å². The van der Waals surface area contributed by atoms with Gasteiger partial charge in [-0.1, -0.05) is 18.2 Å². The zero-order valence-electron chi connectivity index (χ0n) is 19.5. The molecule has 1 aliphatic heterocycles. The number of aryl methyl sites for hydroxylation is 1. The molecule has 35 heavy (non-hydrogen) atoms. The predicted octanol–water partition coefficient (Wildman–Crippen LogP) is 5.04. The molecule has 0 unspecified atom stereocenters. The van der Waals surface area contributed by atoms with E-state index < -0.39 is 11.7 Å². The molecule has 184 valence electrons. The number of halogens is 3. The molecule has 1 aliphatic rings. The van der Waals surface area contributed by atoms with Gasteiger partial charge in [-0.2, -0.15) is 13.2 Å². The number of ether oxygens (including phenoxy) is 1. The fourth-order valence-electron chi connectivity index (χ4n) is 4.66. The van der Waals surface area contributed by atoms with Crippen LogP contribution in [0, 0.1) is 13.8 Å². The second-order valence-electron chi connectivity index (χ2n) is 8.32. The average Bonchev–Trinajstić information content (AvgIpc) is 3.32. The highest BCUT2D eigenvalue weighted by molar-refractivity contribution is 7.80. The summed E-state index contributed by atoms with van der Waals surface area (Å²) in [5.74, 6) is -0.377. The first-order valence-corrected chi connectivity index (χ1v) is 11.4. The van der Waals surface area contributed by atoms with Gasteiger partial charge in [0, 0.05) is 24.1 Å². The molecule has 0 aliphatic carbocycles. The van der Waals surface area contributed by atoms with Crippen molar-refractivity contribution in [1.82, 2.24) is 19.8 Å². The number of hydrogen-bond acceptors (Lipinski definition) is 4. The number of pyridine rings is 1. The number of nitrogens with one attached hydrogen (secondary N) is 1. The lowest BCUT2D eigenvalue weighted by atomic mass is 9.96. The average molecular weight is 503 g/mol. The van der Waals surface area contributed by atoms with E-state index in [-0.39, 0.29) is 36.7 Å². The normalized spacial score (nSPS) is 18.0. The minimum Gasteiger partial charge on any atom is -0.469 e. The number of carbonyl (C=O) groups excluding carboxylic acids is 1. The van der Waals surface area contributed by atoms with Gasteiger partial charge < -0.3 is 19.5 Å². The van der Waals surface area contributed by atoms with Crippen molar-refractivity contribution in [2.45, 2.75) is 38.5 Å². The Morgan fingerprint density at radius 1 is 1.17 bits per heavy atom. The Kier molecular flexibility index (Phi) is 6.84. The van der Waals surface area contributed by atoms with Gasteiger partial charge in [-0.15, -0.1) is 0 Å². The summed E-state index contributed by atoms with van der Waals surface area (Å²) < 4.78 is 47.8. The van der Waals surface area contributed by atoms with Gasteiger partial charge in [0.2, 0.25) is 0 Å². The number of thiocarbonyl (C=S) groups is 1. The molecule has 1 N–H and O–H groups in total. The molecule has 1 aromatic carbocycles. The standard InChI is InChI=1S/C25H25F3N4O2S/c1-15-14-17(16(2)32(15)20-10-5-4-8-18(20)25(26,27)28)23-22(19-9-6-7-12-29-19)30-24(35)31(23)13-11-21(33)34-3/h4-10,12,14,22-23H,11,13H2,1-3H3,(H,30,35)/t22-,23-/m0/s1. The Morgan fingerprint density at radius 2 is 1.89 bits per heavy atom. The number of aromatic nitrogens is 2. The lowest BCUT2D eigenvalue weighted by Gasteiger charge is -2.28. The van der Waals surface area contributed by atoms with E-state index in [0.29, 0.717) is 16.5 Å². The molecule has 2 atom stereocenters. The number of alkyl halides is 3. The highest BCUT2D eigenvalue weighted by Gasteiger charge is 2.42. The first-order valence-electron chi connectivity index (χ1n) is 11.0. The van der Waals surface area contributed by atoms with E-state index in [1.807, 2.05) is 23.1 Å². The van der Waals surface area contributed by atoms with E-state index in [0.717, 1.165) is 17.3 Å². The number of nitrogens with zero attached hydrogens (tertiary/aromatic N) is 3. The number of hydrogen-bond donors (Lipinski definition) is 1. The summed E-state index contributed by atoms with van der Waals surface area (Å²) in [4.78, 5) is 18.2. The lowest BCUT2D eigenvalue weighted by Crippen LogP contribution is -2.32. The fourth-order valence-corrected chi connectivity index (χ4v) is 5.00. The van der Waals surface area contributed by atoms with E-state index in [1.54, 1.807) is 36.7 Å². The molecular weight excluding hydrogens is 477 g/mol. The van der Waals surface area contributed by atoms with Crippen LogP contribution in [0.3, 0.4) is 0 Å². The summed E-state index contributed by atoms with van der Waals surface area (Å²) in [5, 5.41) is 3.74. The number of carbonyl (C=O) groups is 1. The van der Waals surface area contributed by atoms with Gasteiger partial charge in [0.05, 0.1) is 42.6 Å². The molecule has 1 fully saturated rings. The SMILES string of the molecule is COC(=O)CCN1C(=S)N[C@@H](c2ccccn2)[C@@H]1c1cc(C)n(-c2ccccc2C(F)(F)F)c1C. The van der Waals surface area contributed by atoms with Crippen molar-refractivity contribution >= 4 is 23.3 Å². The van der Waals surface area contributed by atoms with Gasteiger partial charge in [-0.05, 0) is 62.0 Å². The van der Waals surface area contributed by atoms with Crippen LogP contribution >= 0.6 is 12.2 Å². The third-order valence-corrected chi connectivity index (χ3v) is 6.57. The van der Waals surface area contributed by atoms with Crippen LogP contribution in [0.1, 0.15) is 46.7 Å². The van der Waals surface area contributed by atoms with E-state index >= 15 is 0 Å². The Hall–Kier alpha value is -3.40. The molecule has 10 heteroatoms. The molecular formula is C25H25F3N4O2S. The zero-order chi connectivity index (χ0) is 25.3. The van der Waals surface area contributed by atoms with Gasteiger partial charge in [-0.3, -0.25) is 9.78 Å². The largest absolute Gasteiger partial charge is 0.469 e. The number of methoxy groups -OCH3 is 1. The van der Waals surface area contributed by atoms with Gasteiger partial charge in [0.1, 0.15) is 0 Å². The van der Waals surface area contributed by atoms with Crippen molar-refractivity contribution in [1.29, 1.82) is 0 Å². The zero-order valence-corrected chi connectivity index (χ0v) is 20.3. The van der Waals surface area contributed by atoms with Crippen LogP contribution in [0.5, 0.6) is 0 Å².